The van der Waals surface area contributed by atoms with Crippen LogP contribution in [0, 0.1) is 0 Å². The van der Waals surface area contributed by atoms with Gasteiger partial charge in [0.25, 0.3) is 0 Å². The Bertz CT molecular complexity index is 585. The zero-order valence-corrected chi connectivity index (χ0v) is 13.6. The molecule has 2 aromatic rings. The Hall–Kier alpha value is -1.07. The highest BCUT2D eigenvalue weighted by atomic mass is 35.5. The first-order chi connectivity index (χ1) is 9.74. The molecule has 1 aliphatic heterocycles. The third kappa shape index (κ3) is 3.77. The van der Waals surface area contributed by atoms with E-state index in [-0.39, 0.29) is 12.4 Å². The molecule has 1 N–H and O–H groups in total. The number of hydrogen-bond acceptors (Lipinski definition) is 3. The average Bonchev–Trinajstić information content (AvgIpc) is 2.86. The van der Waals surface area contributed by atoms with Gasteiger partial charge >= 0.3 is 0 Å². The minimum Gasteiger partial charge on any atom is -0.314 e. The summed E-state index contributed by atoms with van der Waals surface area (Å²) in [6.45, 7) is 3.88. The van der Waals surface area contributed by atoms with Crippen molar-refractivity contribution in [1.82, 2.24) is 20.0 Å². The number of nitrogens with one attached hydrogen (secondary N) is 1. The molecule has 0 bridgehead atoms. The van der Waals surface area contributed by atoms with Crippen molar-refractivity contribution in [2.75, 3.05) is 19.6 Å². The van der Waals surface area contributed by atoms with E-state index in [9.17, 15) is 0 Å². The van der Waals surface area contributed by atoms with E-state index in [1.807, 2.05) is 30.1 Å². The average molecular weight is 327 g/mol. The van der Waals surface area contributed by atoms with Crippen LogP contribution in [0.3, 0.4) is 0 Å². The van der Waals surface area contributed by atoms with Crippen LogP contribution in [0.2, 0.25) is 5.02 Å². The van der Waals surface area contributed by atoms with Gasteiger partial charge in [0.05, 0.1) is 6.20 Å². The molecule has 0 radical (unpaired) electrons. The quantitative estimate of drug-likeness (QED) is 0.941. The lowest BCUT2D eigenvalue weighted by atomic mass is 10.0. The lowest BCUT2D eigenvalue weighted by Gasteiger charge is -2.36. The van der Waals surface area contributed by atoms with Gasteiger partial charge in [0.1, 0.15) is 0 Å². The van der Waals surface area contributed by atoms with Gasteiger partial charge in [-0.3, -0.25) is 9.58 Å². The molecule has 1 aromatic heterocycles. The molecule has 0 aliphatic carbocycles. The van der Waals surface area contributed by atoms with Gasteiger partial charge in [-0.05, 0) is 11.6 Å². The van der Waals surface area contributed by atoms with Crippen molar-refractivity contribution in [3.63, 3.8) is 0 Å². The minimum atomic E-state index is 0. The number of rotatable bonds is 3. The number of aromatic nitrogens is 2. The van der Waals surface area contributed by atoms with Crippen LogP contribution < -0.4 is 5.32 Å². The van der Waals surface area contributed by atoms with Crippen LogP contribution in [-0.4, -0.2) is 34.3 Å². The smallest absolute Gasteiger partial charge is 0.0534 e. The van der Waals surface area contributed by atoms with Gasteiger partial charge in [-0.25, -0.2) is 0 Å². The number of hydrogen-bond donors (Lipinski definition) is 1. The van der Waals surface area contributed by atoms with E-state index in [0.29, 0.717) is 6.04 Å². The number of piperazine rings is 1. The van der Waals surface area contributed by atoms with E-state index in [1.54, 1.807) is 0 Å². The van der Waals surface area contributed by atoms with Gasteiger partial charge < -0.3 is 5.32 Å². The standard InChI is InChI=1S/C15H19ClN4.ClH/c1-19-10-12(8-18-19)11-20-7-6-17-9-15(20)13-4-2-3-5-14(13)16;/h2-5,8,10,15,17H,6-7,9,11H2,1H3;1H. The monoisotopic (exact) mass is 326 g/mol. The molecule has 4 nitrogen and oxygen atoms in total. The fraction of sp³-hybridized carbons (Fsp3) is 0.400. The summed E-state index contributed by atoms with van der Waals surface area (Å²) in [5.74, 6) is 0. The topological polar surface area (TPSA) is 33.1 Å². The molecule has 1 unspecified atom stereocenters. The van der Waals surface area contributed by atoms with E-state index < -0.39 is 0 Å². The fourth-order valence-corrected chi connectivity index (χ4v) is 3.04. The molecule has 114 valence electrons. The second kappa shape index (κ2) is 7.27. The molecule has 21 heavy (non-hydrogen) atoms. The fourth-order valence-electron chi connectivity index (χ4n) is 2.78. The SMILES string of the molecule is Cl.Cn1cc(CN2CCNCC2c2ccccc2Cl)cn1. The zero-order chi connectivity index (χ0) is 13.9. The molecule has 3 rings (SSSR count). The highest BCUT2D eigenvalue weighted by molar-refractivity contribution is 6.31. The lowest BCUT2D eigenvalue weighted by Crippen LogP contribution is -2.45. The van der Waals surface area contributed by atoms with E-state index in [0.717, 1.165) is 31.2 Å². The Labute approximate surface area is 136 Å². The lowest BCUT2D eigenvalue weighted by molar-refractivity contribution is 0.154. The Kier molecular flexibility index (Phi) is 5.65. The summed E-state index contributed by atoms with van der Waals surface area (Å²) in [7, 11) is 1.95. The molecule has 1 atom stereocenters. The van der Waals surface area contributed by atoms with Crippen molar-refractivity contribution in [1.29, 1.82) is 0 Å². The van der Waals surface area contributed by atoms with Gasteiger partial charge in [0.15, 0.2) is 0 Å². The number of halogens is 2. The third-order valence-electron chi connectivity index (χ3n) is 3.76. The van der Waals surface area contributed by atoms with Gasteiger partial charge in [-0.15, -0.1) is 12.4 Å². The first-order valence-electron chi connectivity index (χ1n) is 6.91. The largest absolute Gasteiger partial charge is 0.314 e. The highest BCUT2D eigenvalue weighted by Crippen LogP contribution is 2.29. The van der Waals surface area contributed by atoms with Gasteiger partial charge in [-0.1, -0.05) is 29.8 Å². The zero-order valence-electron chi connectivity index (χ0n) is 12.0. The number of nitrogens with zero attached hydrogens (tertiary/aromatic N) is 3. The molecule has 1 saturated heterocycles. The van der Waals surface area contributed by atoms with Crippen molar-refractivity contribution in [2.45, 2.75) is 12.6 Å². The second-order valence-corrected chi connectivity index (χ2v) is 5.64. The van der Waals surface area contributed by atoms with E-state index in [2.05, 4.69) is 33.6 Å². The number of benzene rings is 1. The summed E-state index contributed by atoms with van der Waals surface area (Å²) >= 11 is 6.36. The van der Waals surface area contributed by atoms with Crippen LogP contribution in [-0.2, 0) is 13.6 Å². The Balaban J connectivity index is 0.00000161. The van der Waals surface area contributed by atoms with Gasteiger partial charge in [-0.2, -0.15) is 5.10 Å². The van der Waals surface area contributed by atoms with Crippen molar-refractivity contribution < 1.29 is 0 Å². The Morgan fingerprint density at radius 1 is 1.38 bits per heavy atom. The van der Waals surface area contributed by atoms with Crippen molar-refractivity contribution >= 4 is 24.0 Å². The molecule has 1 aliphatic rings. The van der Waals surface area contributed by atoms with Gasteiger partial charge in [0, 0.05) is 56.1 Å². The Morgan fingerprint density at radius 3 is 2.90 bits per heavy atom. The van der Waals surface area contributed by atoms with Crippen LogP contribution in [0.4, 0.5) is 0 Å². The van der Waals surface area contributed by atoms with Gasteiger partial charge in [0.2, 0.25) is 0 Å². The van der Waals surface area contributed by atoms with E-state index in [4.69, 9.17) is 11.6 Å². The second-order valence-electron chi connectivity index (χ2n) is 5.23. The Morgan fingerprint density at radius 2 is 2.19 bits per heavy atom. The highest BCUT2D eigenvalue weighted by Gasteiger charge is 2.25. The molecule has 1 fully saturated rings. The summed E-state index contributed by atoms with van der Waals surface area (Å²) in [6, 6.07) is 8.44. The summed E-state index contributed by atoms with van der Waals surface area (Å²) in [5.41, 5.74) is 2.44. The maximum absolute atomic E-state index is 6.36. The molecule has 0 spiro atoms. The maximum atomic E-state index is 6.36. The summed E-state index contributed by atoms with van der Waals surface area (Å²) < 4.78 is 1.85. The normalized spacial score (nSPS) is 19.2. The minimum absolute atomic E-state index is 0. The molecular weight excluding hydrogens is 307 g/mol. The molecule has 0 saturated carbocycles. The van der Waals surface area contributed by atoms with E-state index >= 15 is 0 Å². The van der Waals surface area contributed by atoms with Crippen LogP contribution in [0.1, 0.15) is 17.2 Å². The third-order valence-corrected chi connectivity index (χ3v) is 4.11. The van der Waals surface area contributed by atoms with Crippen molar-refractivity contribution in [3.8, 4) is 0 Å². The maximum Gasteiger partial charge on any atom is 0.0534 e. The van der Waals surface area contributed by atoms with E-state index in [1.165, 1.54) is 11.1 Å². The first-order valence-corrected chi connectivity index (χ1v) is 7.28. The molecule has 2 heterocycles. The molecular formula is C15H20Cl2N4. The first kappa shape index (κ1) is 16.3. The molecule has 0 amide bonds. The molecule has 1 aromatic carbocycles. The summed E-state index contributed by atoms with van der Waals surface area (Å²) in [6.07, 6.45) is 4.01. The molecule has 6 heteroatoms. The van der Waals surface area contributed by atoms with Crippen LogP contribution in [0.5, 0.6) is 0 Å². The summed E-state index contributed by atoms with van der Waals surface area (Å²) in [4.78, 5) is 2.47. The van der Waals surface area contributed by atoms with Crippen LogP contribution in [0.25, 0.3) is 0 Å². The predicted molar refractivity (Wildman–Crippen MR) is 87.9 cm³/mol. The van der Waals surface area contributed by atoms with Crippen LogP contribution in [0.15, 0.2) is 36.7 Å². The summed E-state index contributed by atoms with van der Waals surface area (Å²) in [5, 5.41) is 8.55. The van der Waals surface area contributed by atoms with Crippen molar-refractivity contribution in [2.24, 2.45) is 7.05 Å². The van der Waals surface area contributed by atoms with Crippen molar-refractivity contribution in [3.05, 3.63) is 52.8 Å². The van der Waals surface area contributed by atoms with Crippen LogP contribution >= 0.6 is 24.0 Å². The predicted octanol–water partition coefficient (Wildman–Crippen LogP) is 2.64. The number of aryl methyl sites for hydroxylation is 1.